The van der Waals surface area contributed by atoms with Crippen molar-refractivity contribution in [2.45, 2.75) is 38.1 Å². The number of hydrogen-bond acceptors (Lipinski definition) is 2. The predicted molar refractivity (Wildman–Crippen MR) is 77.6 cm³/mol. The van der Waals surface area contributed by atoms with Crippen LogP contribution in [0.4, 0.5) is 4.79 Å². The molecule has 0 aromatic heterocycles. The zero-order valence-electron chi connectivity index (χ0n) is 11.7. The van der Waals surface area contributed by atoms with Gasteiger partial charge in [0.25, 0.3) is 0 Å². The molecule has 1 spiro atoms. The van der Waals surface area contributed by atoms with Crippen molar-refractivity contribution < 1.29 is 4.79 Å². The number of benzene rings is 1. The van der Waals surface area contributed by atoms with Crippen LogP contribution in [0.2, 0.25) is 0 Å². The Kier molecular flexibility index (Phi) is 2.29. The van der Waals surface area contributed by atoms with Gasteiger partial charge in [-0.15, -0.1) is 0 Å². The molecule has 3 aliphatic rings. The fourth-order valence-electron chi connectivity index (χ4n) is 3.64. The van der Waals surface area contributed by atoms with E-state index in [0.717, 1.165) is 19.4 Å². The lowest BCUT2D eigenvalue weighted by Crippen LogP contribution is -2.50. The third-order valence-corrected chi connectivity index (χ3v) is 4.94. The van der Waals surface area contributed by atoms with Gasteiger partial charge in [0.15, 0.2) is 0 Å². The first-order chi connectivity index (χ1) is 9.61. The fourth-order valence-corrected chi connectivity index (χ4v) is 3.64. The van der Waals surface area contributed by atoms with Crippen LogP contribution in [0.3, 0.4) is 0 Å². The summed E-state index contributed by atoms with van der Waals surface area (Å²) >= 11 is 0. The maximum Gasteiger partial charge on any atom is 0.346 e. The lowest BCUT2D eigenvalue weighted by atomic mass is 9.88. The number of carbonyl (C=O) groups excluding carboxylic acids is 1. The Balaban J connectivity index is 1.84. The molecule has 4 heteroatoms. The molecule has 1 atom stereocenters. The minimum absolute atomic E-state index is 0.149. The number of aliphatic imine (C=N–C) groups is 1. The molecule has 0 radical (unpaired) electrons. The number of hydrogen-bond donors (Lipinski definition) is 1. The largest absolute Gasteiger partial charge is 0.385 e. The lowest BCUT2D eigenvalue weighted by Gasteiger charge is -2.35. The number of urea groups is 1. The van der Waals surface area contributed by atoms with Crippen LogP contribution in [-0.4, -0.2) is 23.3 Å². The van der Waals surface area contributed by atoms with E-state index in [-0.39, 0.29) is 6.03 Å². The first-order valence-electron chi connectivity index (χ1n) is 7.37. The van der Waals surface area contributed by atoms with Crippen molar-refractivity contribution in [3.05, 3.63) is 34.9 Å². The highest BCUT2D eigenvalue weighted by molar-refractivity contribution is 6.07. The third-order valence-electron chi connectivity index (χ3n) is 4.94. The molecule has 2 N–H and O–H groups in total. The second-order valence-corrected chi connectivity index (χ2v) is 6.35. The highest BCUT2D eigenvalue weighted by atomic mass is 16.2. The molecule has 1 heterocycles. The predicted octanol–water partition coefficient (Wildman–Crippen LogP) is 2.34. The third kappa shape index (κ3) is 1.48. The zero-order valence-corrected chi connectivity index (χ0v) is 11.7. The number of amidine groups is 1. The van der Waals surface area contributed by atoms with Crippen molar-refractivity contribution in [1.82, 2.24) is 4.90 Å². The van der Waals surface area contributed by atoms with Crippen molar-refractivity contribution in [3.63, 3.8) is 0 Å². The van der Waals surface area contributed by atoms with E-state index in [1.807, 2.05) is 4.90 Å². The van der Waals surface area contributed by atoms with Gasteiger partial charge in [0.05, 0.1) is 0 Å². The Bertz CT molecular complexity index is 633. The molecule has 1 fully saturated rings. The summed E-state index contributed by atoms with van der Waals surface area (Å²) in [6.45, 7) is 2.89. The smallest absolute Gasteiger partial charge is 0.346 e. The van der Waals surface area contributed by atoms with Crippen LogP contribution in [0.5, 0.6) is 0 Å². The van der Waals surface area contributed by atoms with Crippen LogP contribution in [0.25, 0.3) is 0 Å². The number of nitrogens with two attached hydrogens (primary N) is 1. The molecule has 1 aliphatic heterocycles. The van der Waals surface area contributed by atoms with Gasteiger partial charge in [-0.3, -0.25) is 0 Å². The molecule has 0 bridgehead atoms. The number of fused-ring (bicyclic) bond motifs is 2. The molecule has 1 aromatic carbocycles. The van der Waals surface area contributed by atoms with E-state index in [9.17, 15) is 4.79 Å². The molecule has 2 amide bonds. The van der Waals surface area contributed by atoms with Gasteiger partial charge in [-0.25, -0.2) is 4.79 Å². The molecule has 1 aromatic rings. The Morgan fingerprint density at radius 2 is 2.25 bits per heavy atom. The van der Waals surface area contributed by atoms with Crippen molar-refractivity contribution in [2.24, 2.45) is 16.6 Å². The molecule has 4 nitrogen and oxygen atoms in total. The molecule has 20 heavy (non-hydrogen) atoms. The molecule has 1 unspecified atom stereocenters. The minimum Gasteiger partial charge on any atom is -0.385 e. The number of rotatable bonds is 2. The monoisotopic (exact) mass is 269 g/mol. The second kappa shape index (κ2) is 3.84. The molecule has 2 aliphatic carbocycles. The van der Waals surface area contributed by atoms with Crippen molar-refractivity contribution in [2.75, 3.05) is 6.54 Å². The van der Waals surface area contributed by atoms with E-state index in [0.29, 0.717) is 11.8 Å². The summed E-state index contributed by atoms with van der Waals surface area (Å²) in [6, 6.07) is 6.34. The number of aryl methyl sites for hydroxylation is 2. The van der Waals surface area contributed by atoms with Crippen molar-refractivity contribution >= 4 is 11.9 Å². The van der Waals surface area contributed by atoms with Crippen molar-refractivity contribution in [3.8, 4) is 0 Å². The second-order valence-electron chi connectivity index (χ2n) is 6.35. The maximum absolute atomic E-state index is 12.3. The van der Waals surface area contributed by atoms with Crippen LogP contribution in [-0.2, 0) is 12.0 Å². The van der Waals surface area contributed by atoms with Gasteiger partial charge >= 0.3 is 6.03 Å². The fraction of sp³-hybridized carbons (Fsp3) is 0.500. The van der Waals surface area contributed by atoms with Crippen LogP contribution in [0.1, 0.15) is 36.0 Å². The zero-order chi connectivity index (χ0) is 13.9. The Hall–Kier alpha value is -1.84. The van der Waals surface area contributed by atoms with Crippen LogP contribution in [0.15, 0.2) is 23.2 Å². The quantitative estimate of drug-likeness (QED) is 0.896. The summed E-state index contributed by atoms with van der Waals surface area (Å²) in [4.78, 5) is 18.3. The average molecular weight is 269 g/mol. The van der Waals surface area contributed by atoms with Gasteiger partial charge in [0, 0.05) is 6.54 Å². The van der Waals surface area contributed by atoms with Gasteiger partial charge in [-0.2, -0.15) is 4.99 Å². The number of nitrogens with zero attached hydrogens (tertiary/aromatic N) is 2. The highest BCUT2D eigenvalue weighted by Gasteiger charge is 2.54. The molecule has 104 valence electrons. The van der Waals surface area contributed by atoms with Gasteiger partial charge in [-0.05, 0) is 49.7 Å². The normalized spacial score (nSPS) is 28.1. The molecular weight excluding hydrogens is 250 g/mol. The van der Waals surface area contributed by atoms with E-state index in [1.54, 1.807) is 0 Å². The Morgan fingerprint density at radius 3 is 3.00 bits per heavy atom. The SMILES string of the molecule is Cc1ccc2c(c1)C1(CC2)C(N)=NC(=O)N1CC1CC1. The van der Waals surface area contributed by atoms with Crippen LogP contribution < -0.4 is 5.73 Å². The first kappa shape index (κ1) is 11.9. The summed E-state index contributed by atoms with van der Waals surface area (Å²) in [6.07, 6.45) is 4.29. The van der Waals surface area contributed by atoms with Gasteiger partial charge in [0.1, 0.15) is 11.4 Å². The minimum atomic E-state index is -0.457. The lowest BCUT2D eigenvalue weighted by molar-refractivity contribution is 0.166. The van der Waals surface area contributed by atoms with E-state index in [2.05, 4.69) is 30.1 Å². The average Bonchev–Trinajstić information content (AvgIpc) is 3.11. The van der Waals surface area contributed by atoms with E-state index < -0.39 is 5.54 Å². The first-order valence-corrected chi connectivity index (χ1v) is 7.37. The van der Waals surface area contributed by atoms with Gasteiger partial charge in [0.2, 0.25) is 0 Å². The highest BCUT2D eigenvalue weighted by Crippen LogP contribution is 2.47. The Morgan fingerprint density at radius 1 is 1.45 bits per heavy atom. The van der Waals surface area contributed by atoms with E-state index in [4.69, 9.17) is 5.73 Å². The molecular formula is C16H19N3O. The molecule has 0 saturated heterocycles. The van der Waals surface area contributed by atoms with Gasteiger partial charge in [-0.1, -0.05) is 23.8 Å². The van der Waals surface area contributed by atoms with E-state index >= 15 is 0 Å². The number of amides is 2. The van der Waals surface area contributed by atoms with Crippen LogP contribution in [0, 0.1) is 12.8 Å². The summed E-state index contributed by atoms with van der Waals surface area (Å²) in [5.41, 5.74) is 9.47. The Labute approximate surface area is 118 Å². The number of carbonyl (C=O) groups is 1. The summed E-state index contributed by atoms with van der Waals surface area (Å²) in [5.74, 6) is 1.14. The van der Waals surface area contributed by atoms with E-state index in [1.165, 1.54) is 29.5 Å². The van der Waals surface area contributed by atoms with Gasteiger partial charge < -0.3 is 10.6 Å². The topological polar surface area (TPSA) is 58.7 Å². The maximum atomic E-state index is 12.3. The summed E-state index contributed by atoms with van der Waals surface area (Å²) in [7, 11) is 0. The van der Waals surface area contributed by atoms with Crippen LogP contribution >= 0.6 is 0 Å². The molecule has 4 rings (SSSR count). The summed E-state index contributed by atoms with van der Waals surface area (Å²) < 4.78 is 0. The summed E-state index contributed by atoms with van der Waals surface area (Å²) in [5, 5.41) is 0. The standard InChI is InChI=1S/C16H19N3O/c1-10-2-5-12-6-7-16(13(12)8-10)14(17)18-15(20)19(16)9-11-3-4-11/h2,5,8,11H,3-4,6-7,9H2,1H3,(H2,17,18,20). The molecule has 1 saturated carbocycles. The van der Waals surface area contributed by atoms with Crippen molar-refractivity contribution in [1.29, 1.82) is 0 Å².